The van der Waals surface area contributed by atoms with Crippen molar-refractivity contribution in [2.75, 3.05) is 56.1 Å². The molecule has 4 aromatic rings. The van der Waals surface area contributed by atoms with Crippen LogP contribution in [0.4, 0.5) is 11.4 Å². The Balaban J connectivity index is 0.867. The number of fused-ring (bicyclic) bond motifs is 2. The first-order chi connectivity index (χ1) is 31.2. The zero-order valence-electron chi connectivity index (χ0n) is 35.8. The van der Waals surface area contributed by atoms with E-state index in [1.807, 2.05) is 24.3 Å². The number of ether oxygens (including phenoxy) is 4. The van der Waals surface area contributed by atoms with Crippen LogP contribution in [0.3, 0.4) is 0 Å². The maximum Gasteiger partial charge on any atom is 0.264 e. The molecule has 7 amide bonds. The summed E-state index contributed by atoms with van der Waals surface area (Å²) >= 11 is 0. The lowest BCUT2D eigenvalue weighted by molar-refractivity contribution is -0.136. The highest BCUT2D eigenvalue weighted by Gasteiger charge is 2.46. The van der Waals surface area contributed by atoms with Crippen LogP contribution in [-0.2, 0) is 46.9 Å². The van der Waals surface area contributed by atoms with Crippen LogP contribution < -0.4 is 25.4 Å². The number of piperidine rings is 1. The predicted octanol–water partition coefficient (Wildman–Crippen LogP) is 4.05. The van der Waals surface area contributed by atoms with Crippen LogP contribution in [0.15, 0.2) is 78.9 Å². The molecule has 65 heavy (non-hydrogen) atoms. The van der Waals surface area contributed by atoms with Gasteiger partial charge < -0.3 is 29.6 Å². The predicted molar refractivity (Wildman–Crippen MR) is 234 cm³/mol. The van der Waals surface area contributed by atoms with E-state index < -0.39 is 69.0 Å². The normalized spacial score (nSPS) is 16.3. The highest BCUT2D eigenvalue weighted by atomic mass is 32.2. The number of imide groups is 3. The van der Waals surface area contributed by atoms with Gasteiger partial charge in [-0.25, -0.2) is 8.42 Å². The maximum absolute atomic E-state index is 14.0. The summed E-state index contributed by atoms with van der Waals surface area (Å²) in [6.45, 7) is 3.21. The van der Waals surface area contributed by atoms with Gasteiger partial charge in [-0.05, 0) is 66.4 Å². The number of nitrogens with one attached hydrogen (secondary N) is 3. The van der Waals surface area contributed by atoms with Gasteiger partial charge in [0.1, 0.15) is 15.9 Å². The molecule has 1 unspecified atom stereocenters. The number of carbonyl (C=O) groups is 7. The summed E-state index contributed by atoms with van der Waals surface area (Å²) in [5.41, 5.74) is 2.96. The lowest BCUT2D eigenvalue weighted by atomic mass is 10.0. The molecule has 0 aliphatic carbocycles. The molecule has 0 saturated carbocycles. The first-order valence-corrected chi connectivity index (χ1v) is 22.9. The van der Waals surface area contributed by atoms with Crippen molar-refractivity contribution in [3.8, 4) is 11.5 Å². The number of methoxy groups -OCH3 is 1. The standard InChI is InChI=1S/C46H47N5O13S/c1-4-64-37-23-29(15-17-36(37)61-2)35(26-65(3,59)60)51-44(56)31-8-6-10-33(41(31)46(51)58)48-39(53)19-21-62-24-27-11-13-28(14-12-27)25-63-22-20-47-32-9-5-7-30-40(32)45(57)50(43(30)55)34-16-18-38(52)49-42(34)54/h5-15,17,23,34-35,47H,4,16,18-22,24-26H2,1-3H3,(H,48,53)(H,49,52,54)/t34?,35-/m1/s1. The number of hydrogen-bond acceptors (Lipinski definition) is 14. The average Bonchev–Trinajstić information content (AvgIpc) is 3.68. The summed E-state index contributed by atoms with van der Waals surface area (Å²) in [7, 11) is -2.25. The van der Waals surface area contributed by atoms with Crippen LogP contribution in [0.2, 0.25) is 0 Å². The molecule has 340 valence electrons. The van der Waals surface area contributed by atoms with Crippen molar-refractivity contribution in [1.29, 1.82) is 0 Å². The molecule has 4 aromatic carbocycles. The third-order valence-electron chi connectivity index (χ3n) is 10.9. The van der Waals surface area contributed by atoms with Crippen LogP contribution in [0.5, 0.6) is 11.5 Å². The molecule has 1 saturated heterocycles. The number of anilines is 2. The second-order valence-corrected chi connectivity index (χ2v) is 17.7. The minimum Gasteiger partial charge on any atom is -0.493 e. The summed E-state index contributed by atoms with van der Waals surface area (Å²) in [4.78, 5) is 93.0. The highest BCUT2D eigenvalue weighted by molar-refractivity contribution is 7.90. The summed E-state index contributed by atoms with van der Waals surface area (Å²) in [6, 6.07) is 19.3. The van der Waals surface area contributed by atoms with Crippen molar-refractivity contribution >= 4 is 62.6 Å². The first-order valence-electron chi connectivity index (χ1n) is 20.8. The average molecular weight is 910 g/mol. The van der Waals surface area contributed by atoms with Gasteiger partial charge in [0.15, 0.2) is 11.5 Å². The Hall–Kier alpha value is -6.96. The van der Waals surface area contributed by atoms with Crippen molar-refractivity contribution in [2.45, 2.75) is 51.5 Å². The number of rotatable bonds is 20. The molecular formula is C46H47N5O13S. The summed E-state index contributed by atoms with van der Waals surface area (Å²) in [6.07, 6.45) is 1.06. The molecule has 2 atom stereocenters. The molecule has 0 radical (unpaired) electrons. The van der Waals surface area contributed by atoms with Crippen LogP contribution in [-0.4, -0.2) is 111 Å². The summed E-state index contributed by atoms with van der Waals surface area (Å²) in [5.74, 6) is -4.04. The maximum atomic E-state index is 14.0. The number of sulfone groups is 1. The van der Waals surface area contributed by atoms with Gasteiger partial charge in [0, 0.05) is 24.9 Å². The number of amides is 7. The Morgan fingerprint density at radius 3 is 2.09 bits per heavy atom. The van der Waals surface area contributed by atoms with E-state index in [0.717, 1.165) is 27.2 Å². The molecule has 0 spiro atoms. The molecule has 3 aliphatic rings. The van der Waals surface area contributed by atoms with Crippen LogP contribution >= 0.6 is 0 Å². The zero-order chi connectivity index (χ0) is 46.4. The van der Waals surface area contributed by atoms with Crippen molar-refractivity contribution in [3.63, 3.8) is 0 Å². The van der Waals surface area contributed by atoms with E-state index in [2.05, 4.69) is 16.0 Å². The molecule has 3 heterocycles. The fourth-order valence-electron chi connectivity index (χ4n) is 7.88. The molecular weight excluding hydrogens is 863 g/mol. The van der Waals surface area contributed by atoms with E-state index in [9.17, 15) is 42.0 Å². The molecule has 0 aromatic heterocycles. The second-order valence-electron chi connectivity index (χ2n) is 15.5. The number of nitrogens with zero attached hydrogens (tertiary/aromatic N) is 2. The third-order valence-corrected chi connectivity index (χ3v) is 11.9. The van der Waals surface area contributed by atoms with Crippen LogP contribution in [0, 0.1) is 0 Å². The van der Waals surface area contributed by atoms with Gasteiger partial charge in [0.25, 0.3) is 23.6 Å². The highest BCUT2D eigenvalue weighted by Crippen LogP contribution is 2.39. The van der Waals surface area contributed by atoms with E-state index in [-0.39, 0.29) is 67.0 Å². The Kier molecular flexibility index (Phi) is 14.0. The minimum atomic E-state index is -3.71. The Bertz CT molecular complexity index is 2670. The summed E-state index contributed by atoms with van der Waals surface area (Å²) < 4.78 is 47.8. The van der Waals surface area contributed by atoms with Crippen molar-refractivity contribution in [1.82, 2.24) is 15.1 Å². The molecule has 18 nitrogen and oxygen atoms in total. The Morgan fingerprint density at radius 1 is 0.800 bits per heavy atom. The first kappa shape index (κ1) is 46.0. The number of hydrogen-bond donors (Lipinski definition) is 3. The van der Waals surface area contributed by atoms with Gasteiger partial charge in [-0.1, -0.05) is 42.5 Å². The monoisotopic (exact) mass is 909 g/mol. The second kappa shape index (κ2) is 19.8. The van der Waals surface area contributed by atoms with Crippen molar-refractivity contribution in [3.05, 3.63) is 118 Å². The topological polar surface area (TPSA) is 233 Å². The van der Waals surface area contributed by atoms with E-state index in [1.54, 1.807) is 37.3 Å². The van der Waals surface area contributed by atoms with Gasteiger partial charge in [0.05, 0.1) is 86.3 Å². The van der Waals surface area contributed by atoms with Gasteiger partial charge in [-0.3, -0.25) is 48.7 Å². The van der Waals surface area contributed by atoms with Crippen LogP contribution in [0.1, 0.15) is 90.4 Å². The van der Waals surface area contributed by atoms with Crippen molar-refractivity contribution < 1.29 is 60.9 Å². The van der Waals surface area contributed by atoms with E-state index in [1.165, 1.54) is 31.4 Å². The largest absolute Gasteiger partial charge is 0.493 e. The smallest absolute Gasteiger partial charge is 0.264 e. The molecule has 0 bridgehead atoms. The summed E-state index contributed by atoms with van der Waals surface area (Å²) in [5, 5.41) is 8.05. The van der Waals surface area contributed by atoms with Crippen LogP contribution in [0.25, 0.3) is 0 Å². The molecule has 3 aliphatic heterocycles. The zero-order valence-corrected chi connectivity index (χ0v) is 36.7. The fraction of sp³-hybridized carbons (Fsp3) is 0.326. The van der Waals surface area contributed by atoms with E-state index in [0.29, 0.717) is 42.5 Å². The quantitative estimate of drug-likeness (QED) is 0.0839. The Labute approximate surface area is 374 Å². The SMILES string of the molecule is CCOc1cc([C@@H](CS(C)(=O)=O)N2C(=O)c3cccc(NC(=O)CCOCc4ccc(COCCNc5cccc6c5C(=O)N(C5CCC(=O)NC5=O)C6=O)cc4)c3C2=O)ccc1OC. The van der Waals surface area contributed by atoms with Gasteiger partial charge in [-0.15, -0.1) is 0 Å². The van der Waals surface area contributed by atoms with Gasteiger partial charge >= 0.3 is 0 Å². The molecule has 1 fully saturated rings. The number of carbonyl (C=O) groups excluding carboxylic acids is 7. The van der Waals surface area contributed by atoms with Crippen molar-refractivity contribution in [2.24, 2.45) is 0 Å². The Morgan fingerprint density at radius 2 is 1.45 bits per heavy atom. The number of benzene rings is 4. The molecule has 3 N–H and O–H groups in total. The molecule has 7 rings (SSSR count). The van der Waals surface area contributed by atoms with Gasteiger partial charge in [0.2, 0.25) is 17.7 Å². The van der Waals surface area contributed by atoms with Gasteiger partial charge in [-0.2, -0.15) is 0 Å². The lowest BCUT2D eigenvalue weighted by Gasteiger charge is -2.27. The lowest BCUT2D eigenvalue weighted by Crippen LogP contribution is -2.54. The minimum absolute atomic E-state index is 0.0275. The van der Waals surface area contributed by atoms with E-state index >= 15 is 0 Å². The fourth-order valence-corrected chi connectivity index (χ4v) is 8.79. The molecule has 19 heteroatoms. The third kappa shape index (κ3) is 10.2. The van der Waals surface area contributed by atoms with E-state index in [4.69, 9.17) is 18.9 Å².